The number of rotatable bonds is 19. The highest BCUT2D eigenvalue weighted by atomic mass is 16.2. The Balaban J connectivity index is 0. The lowest BCUT2D eigenvalue weighted by Gasteiger charge is -2.25. The minimum atomic E-state index is -0.374. The van der Waals surface area contributed by atoms with Gasteiger partial charge in [0.15, 0.2) is 0 Å². The first-order valence-corrected chi connectivity index (χ1v) is 13.2. The Morgan fingerprint density at radius 3 is 1.51 bits per heavy atom. The Bertz CT molecular complexity index is 833. The van der Waals surface area contributed by atoms with Crippen molar-refractivity contribution in [1.82, 2.24) is 5.32 Å². The van der Waals surface area contributed by atoms with Gasteiger partial charge in [0.25, 0.3) is 0 Å². The molecule has 0 fully saturated rings. The Kier molecular flexibility index (Phi) is 26.4. The lowest BCUT2D eigenvalue weighted by atomic mass is 9.95. The van der Waals surface area contributed by atoms with Gasteiger partial charge in [-0.15, -0.1) is 0 Å². The number of ketones is 1. The first-order chi connectivity index (χ1) is 17.8. The van der Waals surface area contributed by atoms with Gasteiger partial charge in [0, 0.05) is 18.4 Å². The fourth-order valence-corrected chi connectivity index (χ4v) is 3.05. The third-order valence-corrected chi connectivity index (χ3v) is 4.99. The third-order valence-electron chi connectivity index (χ3n) is 4.99. The van der Waals surface area contributed by atoms with Crippen molar-refractivity contribution in [2.45, 2.75) is 97.4 Å². The van der Waals surface area contributed by atoms with Gasteiger partial charge < -0.3 is 5.32 Å². The van der Waals surface area contributed by atoms with Crippen molar-refractivity contribution in [3.05, 3.63) is 85.1 Å². The number of hydrogen-bond donors (Lipinski definition) is 1. The van der Waals surface area contributed by atoms with E-state index in [9.17, 15) is 9.59 Å². The van der Waals surface area contributed by atoms with Crippen LogP contribution >= 0.6 is 0 Å². The van der Waals surface area contributed by atoms with E-state index in [4.69, 9.17) is 9.59 Å². The minimum Gasteiger partial charge on any atom is -0.348 e. The van der Waals surface area contributed by atoms with Crippen molar-refractivity contribution in [2.75, 3.05) is 0 Å². The summed E-state index contributed by atoms with van der Waals surface area (Å²) in [5.74, 6) is 0.130. The van der Waals surface area contributed by atoms with Crippen LogP contribution in [0.15, 0.2) is 85.1 Å². The predicted octanol–water partition coefficient (Wildman–Crippen LogP) is 7.70. The molecule has 5 heteroatoms. The molecule has 204 valence electrons. The van der Waals surface area contributed by atoms with Crippen LogP contribution in [0.4, 0.5) is 0 Å². The molecule has 0 aliphatic carbocycles. The summed E-state index contributed by atoms with van der Waals surface area (Å²) in [5, 5.41) is 2.93. The highest BCUT2D eigenvalue weighted by Gasteiger charge is 2.20. The Morgan fingerprint density at radius 2 is 1.11 bits per heavy atom. The first kappa shape index (κ1) is 35.9. The molecule has 37 heavy (non-hydrogen) atoms. The number of carbonyl (C=O) groups is 2. The summed E-state index contributed by atoms with van der Waals surface area (Å²) < 4.78 is 0. The smallest absolute Gasteiger partial charge is 0.348 e. The monoisotopic (exact) mass is 509 g/mol. The van der Waals surface area contributed by atoms with Crippen LogP contribution in [0.1, 0.15) is 91.9 Å². The maximum atomic E-state index is 12.1. The largest absolute Gasteiger partial charge is 0.373 e. The van der Waals surface area contributed by atoms with E-state index in [0.29, 0.717) is 19.3 Å². The quantitative estimate of drug-likeness (QED) is 0.143. The van der Waals surface area contributed by atoms with Gasteiger partial charge in [0.05, 0.1) is 0 Å². The molecule has 0 heterocycles. The van der Waals surface area contributed by atoms with Gasteiger partial charge >= 0.3 is 6.15 Å². The van der Waals surface area contributed by atoms with Crippen LogP contribution in [-0.2, 0) is 19.2 Å². The van der Waals surface area contributed by atoms with E-state index in [-0.39, 0.29) is 23.4 Å². The van der Waals surface area contributed by atoms with E-state index in [0.717, 1.165) is 44.9 Å². The number of carbonyl (C=O) groups excluding carboxylic acids is 4. The van der Waals surface area contributed by atoms with Gasteiger partial charge in [-0.05, 0) is 78.2 Å². The standard InChI is InChI=1S/C31H47NO2.CO2/c1-5-7-8-9-10-11-12-13-14-15-16-17-18-19-20-21-22-23-24-26-29(33)27-28-31(3,4)32-30(34)25-6-2;2-1-3/h6-8,10-11,13-14,16-17,19-20,22-23,25H,5,9,12,15,18,21,24,26-28H2,1-4H3,(H,32,34);/b8-7-,11-10-,14-13-,17-16-,20-19-,23-22-,25-6+;. The maximum Gasteiger partial charge on any atom is 0.373 e. The van der Waals surface area contributed by atoms with E-state index < -0.39 is 0 Å². The number of allylic oxidation sites excluding steroid dienone is 13. The van der Waals surface area contributed by atoms with Crippen LogP contribution in [0, 0.1) is 0 Å². The summed E-state index contributed by atoms with van der Waals surface area (Å²) in [6, 6.07) is 0. The van der Waals surface area contributed by atoms with Crippen molar-refractivity contribution < 1.29 is 19.2 Å². The fraction of sp³-hybridized carbons (Fsp3) is 0.469. The zero-order valence-electron chi connectivity index (χ0n) is 23.3. The van der Waals surface area contributed by atoms with Crippen molar-refractivity contribution in [1.29, 1.82) is 0 Å². The molecule has 0 saturated heterocycles. The van der Waals surface area contributed by atoms with Crippen LogP contribution < -0.4 is 5.32 Å². The van der Waals surface area contributed by atoms with Gasteiger partial charge in [-0.1, -0.05) is 85.9 Å². The highest BCUT2D eigenvalue weighted by Crippen LogP contribution is 2.13. The van der Waals surface area contributed by atoms with E-state index >= 15 is 0 Å². The lowest BCUT2D eigenvalue weighted by molar-refractivity contribution is -0.191. The van der Waals surface area contributed by atoms with Crippen LogP contribution in [-0.4, -0.2) is 23.4 Å². The van der Waals surface area contributed by atoms with Gasteiger partial charge in [0.2, 0.25) is 5.91 Å². The molecule has 1 N–H and O–H groups in total. The molecule has 5 nitrogen and oxygen atoms in total. The molecule has 0 saturated carbocycles. The van der Waals surface area contributed by atoms with Gasteiger partial charge in [-0.3, -0.25) is 9.59 Å². The first-order valence-electron chi connectivity index (χ1n) is 13.2. The molecule has 0 atom stereocenters. The van der Waals surface area contributed by atoms with E-state index in [1.807, 2.05) is 20.8 Å². The number of Topliss-reactive ketones (excluding diaryl/α,β-unsaturated/α-hetero) is 1. The molecule has 0 aromatic heterocycles. The van der Waals surface area contributed by atoms with Crippen molar-refractivity contribution in [3.8, 4) is 0 Å². The summed E-state index contributed by atoms with van der Waals surface area (Å²) >= 11 is 0. The lowest BCUT2D eigenvalue weighted by Crippen LogP contribution is -2.42. The van der Waals surface area contributed by atoms with Gasteiger partial charge in [-0.25, -0.2) is 0 Å². The molecule has 0 bridgehead atoms. The normalized spacial score (nSPS) is 12.4. The molecule has 0 rings (SSSR count). The third kappa shape index (κ3) is 30.7. The zero-order chi connectivity index (χ0) is 28.0. The molecular formula is C32H47NO4. The number of amides is 1. The van der Waals surface area contributed by atoms with E-state index in [1.54, 1.807) is 6.08 Å². The summed E-state index contributed by atoms with van der Waals surface area (Å²) in [5.41, 5.74) is -0.374. The molecule has 0 aliphatic rings. The van der Waals surface area contributed by atoms with E-state index in [2.05, 4.69) is 85.2 Å². The molecule has 0 aromatic carbocycles. The van der Waals surface area contributed by atoms with Crippen molar-refractivity contribution >= 4 is 17.8 Å². The average molecular weight is 510 g/mol. The Labute approximate surface area is 224 Å². The minimum absolute atomic E-state index is 0.113. The zero-order valence-corrected chi connectivity index (χ0v) is 23.3. The Morgan fingerprint density at radius 1 is 0.703 bits per heavy atom. The number of nitrogens with one attached hydrogen (secondary N) is 1. The molecular weight excluding hydrogens is 462 g/mol. The molecule has 0 radical (unpaired) electrons. The summed E-state index contributed by atoms with van der Waals surface area (Å²) in [6.45, 7) is 7.86. The summed E-state index contributed by atoms with van der Waals surface area (Å²) in [6.07, 6.45) is 38.0. The van der Waals surface area contributed by atoms with Crippen LogP contribution in [0.2, 0.25) is 0 Å². The molecule has 0 aromatic rings. The van der Waals surface area contributed by atoms with Gasteiger partial charge in [0.1, 0.15) is 5.78 Å². The highest BCUT2D eigenvalue weighted by molar-refractivity contribution is 5.88. The van der Waals surface area contributed by atoms with Crippen molar-refractivity contribution in [3.63, 3.8) is 0 Å². The summed E-state index contributed by atoms with van der Waals surface area (Å²) in [4.78, 5) is 40.0. The van der Waals surface area contributed by atoms with Crippen molar-refractivity contribution in [2.24, 2.45) is 0 Å². The summed E-state index contributed by atoms with van der Waals surface area (Å²) in [7, 11) is 0. The topological polar surface area (TPSA) is 80.3 Å². The second-order valence-corrected chi connectivity index (χ2v) is 8.95. The molecule has 0 spiro atoms. The molecule has 0 unspecified atom stereocenters. The van der Waals surface area contributed by atoms with Gasteiger partial charge in [-0.2, -0.15) is 9.59 Å². The van der Waals surface area contributed by atoms with Crippen LogP contribution in [0.5, 0.6) is 0 Å². The van der Waals surface area contributed by atoms with E-state index in [1.165, 1.54) is 6.08 Å². The second-order valence-electron chi connectivity index (χ2n) is 8.95. The Hall–Kier alpha value is -3.30. The predicted molar refractivity (Wildman–Crippen MR) is 154 cm³/mol. The fourth-order valence-electron chi connectivity index (χ4n) is 3.05. The number of hydrogen-bond acceptors (Lipinski definition) is 4. The van der Waals surface area contributed by atoms with Crippen LogP contribution in [0.3, 0.4) is 0 Å². The molecule has 0 aliphatic heterocycles. The molecule has 1 amide bonds. The van der Waals surface area contributed by atoms with Crippen LogP contribution in [0.25, 0.3) is 0 Å². The maximum absolute atomic E-state index is 12.1. The SMILES string of the molecule is C/C=C/C(=O)NC(C)(C)CCC(=O)CC/C=C\C/C=C\C/C=C\C/C=C\C/C=C\C/C=C\CC.O=C=O. The second kappa shape index (κ2) is 27.3. The average Bonchev–Trinajstić information content (AvgIpc) is 2.84.